The van der Waals surface area contributed by atoms with Crippen LogP contribution >= 0.6 is 0 Å². The van der Waals surface area contributed by atoms with Gasteiger partial charge < -0.3 is 15.2 Å². The summed E-state index contributed by atoms with van der Waals surface area (Å²) >= 11 is 0. The van der Waals surface area contributed by atoms with E-state index < -0.39 is 11.9 Å². The van der Waals surface area contributed by atoms with Crippen molar-refractivity contribution in [3.05, 3.63) is 29.8 Å². The topological polar surface area (TPSA) is 88.6 Å². The molecule has 0 aromatic heterocycles. The third kappa shape index (κ3) is 4.30. The van der Waals surface area contributed by atoms with Gasteiger partial charge in [-0.2, -0.15) is 5.26 Å². The van der Waals surface area contributed by atoms with E-state index in [9.17, 15) is 4.79 Å². The first-order chi connectivity index (χ1) is 12.1. The third-order valence-electron chi connectivity index (χ3n) is 5.10. The zero-order chi connectivity index (χ0) is 17.8. The second-order valence-electron chi connectivity index (χ2n) is 6.79. The van der Waals surface area contributed by atoms with E-state index in [1.54, 1.807) is 6.92 Å². The van der Waals surface area contributed by atoms with E-state index >= 15 is 0 Å². The number of likely N-dealkylation sites (tertiary alicyclic amines) is 1. The Morgan fingerprint density at radius 3 is 2.64 bits per heavy atom. The maximum absolute atomic E-state index is 11.7. The van der Waals surface area contributed by atoms with Crippen molar-refractivity contribution in [2.75, 3.05) is 32.8 Å². The number of hydrogen-bond acceptors (Lipinski definition) is 6. The van der Waals surface area contributed by atoms with E-state index in [1.807, 2.05) is 30.3 Å². The van der Waals surface area contributed by atoms with Crippen LogP contribution in [0.25, 0.3) is 0 Å². The number of carbonyl (C=O) groups is 1. The van der Waals surface area contributed by atoms with E-state index in [0.29, 0.717) is 30.9 Å². The molecule has 1 aliphatic heterocycles. The Morgan fingerprint density at radius 2 is 2.04 bits per heavy atom. The normalized spacial score (nSPS) is 25.7. The summed E-state index contributed by atoms with van der Waals surface area (Å²) in [6.45, 7) is 5.78. The maximum atomic E-state index is 11.7. The monoisotopic (exact) mass is 343 g/mol. The fraction of sp³-hybridized carbons (Fsp3) is 0.579. The average Bonchev–Trinajstić information content (AvgIpc) is 3.03. The molecule has 6 heteroatoms. The van der Waals surface area contributed by atoms with Crippen LogP contribution in [-0.2, 0) is 16.0 Å². The minimum absolute atomic E-state index is 0.286. The highest BCUT2D eigenvalue weighted by Gasteiger charge is 2.53. The van der Waals surface area contributed by atoms with E-state index in [4.69, 9.17) is 20.5 Å². The van der Waals surface area contributed by atoms with Gasteiger partial charge in [-0.3, -0.25) is 9.69 Å². The molecule has 1 aliphatic carbocycles. The molecule has 2 fully saturated rings. The van der Waals surface area contributed by atoms with Gasteiger partial charge in [-0.25, -0.2) is 0 Å². The number of hydrogen-bond donors (Lipinski definition) is 1. The van der Waals surface area contributed by atoms with E-state index in [1.165, 1.54) is 0 Å². The highest BCUT2D eigenvalue weighted by Crippen LogP contribution is 2.43. The molecule has 2 aliphatic rings. The first kappa shape index (κ1) is 17.7. The number of esters is 1. The standard InChI is InChI=1S/C19H25N3O3/c1-2-24-19(23)14(10-20)9-13-3-5-15(6-4-13)25-8-7-22-11-16-17(12-22)18(16)21/h3-6,14,16-18H,2,7-9,11-12,21H2,1H3. The zero-order valence-electron chi connectivity index (χ0n) is 14.6. The van der Waals surface area contributed by atoms with Crippen LogP contribution in [0.5, 0.6) is 5.75 Å². The van der Waals surface area contributed by atoms with Crippen LogP contribution in [0.3, 0.4) is 0 Å². The minimum Gasteiger partial charge on any atom is -0.492 e. The summed E-state index contributed by atoms with van der Waals surface area (Å²) in [5.41, 5.74) is 6.86. The van der Waals surface area contributed by atoms with Gasteiger partial charge in [0.1, 0.15) is 18.3 Å². The van der Waals surface area contributed by atoms with Crippen molar-refractivity contribution < 1.29 is 14.3 Å². The second-order valence-corrected chi connectivity index (χ2v) is 6.79. The molecule has 2 N–H and O–H groups in total. The van der Waals surface area contributed by atoms with Gasteiger partial charge in [0, 0.05) is 25.7 Å². The van der Waals surface area contributed by atoms with Crippen LogP contribution in [0.4, 0.5) is 0 Å². The highest BCUT2D eigenvalue weighted by atomic mass is 16.5. The lowest BCUT2D eigenvalue weighted by Gasteiger charge is -2.18. The number of ether oxygens (including phenoxy) is 2. The van der Waals surface area contributed by atoms with Crippen LogP contribution < -0.4 is 10.5 Å². The van der Waals surface area contributed by atoms with Crippen molar-refractivity contribution in [1.82, 2.24) is 4.90 Å². The summed E-state index contributed by atoms with van der Waals surface area (Å²) in [6.07, 6.45) is 0.354. The van der Waals surface area contributed by atoms with Crippen LogP contribution in [0.2, 0.25) is 0 Å². The molecule has 0 amide bonds. The molecule has 25 heavy (non-hydrogen) atoms. The summed E-state index contributed by atoms with van der Waals surface area (Å²) in [7, 11) is 0. The Bertz CT molecular complexity index is 628. The van der Waals surface area contributed by atoms with Crippen molar-refractivity contribution >= 4 is 5.97 Å². The number of nitrogens with zero attached hydrogens (tertiary/aromatic N) is 2. The maximum Gasteiger partial charge on any atom is 0.323 e. The molecule has 3 unspecified atom stereocenters. The number of benzene rings is 1. The summed E-state index contributed by atoms with van der Waals surface area (Å²) in [5, 5.41) is 9.11. The van der Waals surface area contributed by atoms with E-state index in [0.717, 1.165) is 30.9 Å². The Morgan fingerprint density at radius 1 is 1.36 bits per heavy atom. The SMILES string of the molecule is CCOC(=O)C(C#N)Cc1ccc(OCCN2CC3C(N)C3C2)cc1. The first-order valence-electron chi connectivity index (χ1n) is 8.88. The lowest BCUT2D eigenvalue weighted by molar-refractivity contribution is -0.145. The lowest BCUT2D eigenvalue weighted by Crippen LogP contribution is -2.31. The number of carbonyl (C=O) groups excluding carboxylic acids is 1. The van der Waals surface area contributed by atoms with Crippen LogP contribution in [0.1, 0.15) is 12.5 Å². The second kappa shape index (κ2) is 7.85. The number of fused-ring (bicyclic) bond motifs is 1. The number of rotatable bonds is 8. The Kier molecular flexibility index (Phi) is 5.57. The molecule has 0 bridgehead atoms. The van der Waals surface area contributed by atoms with Gasteiger partial charge in [0.15, 0.2) is 0 Å². The van der Waals surface area contributed by atoms with Crippen molar-refractivity contribution in [2.24, 2.45) is 23.5 Å². The van der Waals surface area contributed by atoms with Crippen LogP contribution in [0, 0.1) is 29.1 Å². The smallest absolute Gasteiger partial charge is 0.323 e. The fourth-order valence-electron chi connectivity index (χ4n) is 3.52. The molecule has 3 atom stereocenters. The molecule has 6 nitrogen and oxygen atoms in total. The van der Waals surface area contributed by atoms with Gasteiger partial charge in [-0.15, -0.1) is 0 Å². The molecule has 1 aromatic rings. The van der Waals surface area contributed by atoms with E-state index in [-0.39, 0.29) is 6.61 Å². The van der Waals surface area contributed by atoms with Crippen LogP contribution in [0.15, 0.2) is 24.3 Å². The molecule has 134 valence electrons. The first-order valence-corrected chi connectivity index (χ1v) is 8.88. The summed E-state index contributed by atoms with van der Waals surface area (Å²) in [5.74, 6) is 0.973. The van der Waals surface area contributed by atoms with Gasteiger partial charge in [0.2, 0.25) is 0 Å². The van der Waals surface area contributed by atoms with Crippen LogP contribution in [-0.4, -0.2) is 49.8 Å². The molecule has 0 radical (unpaired) electrons. The quantitative estimate of drug-likeness (QED) is 0.714. The largest absolute Gasteiger partial charge is 0.492 e. The molecule has 1 aromatic carbocycles. The molecular formula is C19H25N3O3. The Labute approximate surface area is 148 Å². The van der Waals surface area contributed by atoms with Gasteiger partial charge >= 0.3 is 5.97 Å². The summed E-state index contributed by atoms with van der Waals surface area (Å²) in [4.78, 5) is 14.1. The van der Waals surface area contributed by atoms with Gasteiger partial charge in [-0.05, 0) is 42.9 Å². The highest BCUT2D eigenvalue weighted by molar-refractivity contribution is 5.75. The number of nitriles is 1. The molecule has 3 rings (SSSR count). The van der Waals surface area contributed by atoms with Gasteiger partial charge in [-0.1, -0.05) is 12.1 Å². The minimum atomic E-state index is -0.764. The molecule has 1 saturated carbocycles. The van der Waals surface area contributed by atoms with E-state index in [2.05, 4.69) is 4.90 Å². The van der Waals surface area contributed by atoms with Gasteiger partial charge in [0.25, 0.3) is 0 Å². The zero-order valence-corrected chi connectivity index (χ0v) is 14.6. The van der Waals surface area contributed by atoms with Crippen molar-refractivity contribution in [2.45, 2.75) is 19.4 Å². The molecule has 1 saturated heterocycles. The number of piperidine rings is 1. The summed E-state index contributed by atoms with van der Waals surface area (Å²) in [6, 6.07) is 9.98. The lowest BCUT2D eigenvalue weighted by atomic mass is 10.0. The average molecular weight is 343 g/mol. The predicted octanol–water partition coefficient (Wildman–Crippen LogP) is 1.20. The third-order valence-corrected chi connectivity index (χ3v) is 5.10. The Balaban J connectivity index is 1.41. The summed E-state index contributed by atoms with van der Waals surface area (Å²) < 4.78 is 10.7. The molecule has 1 heterocycles. The van der Waals surface area contributed by atoms with Crippen molar-refractivity contribution in [1.29, 1.82) is 5.26 Å². The fourth-order valence-corrected chi connectivity index (χ4v) is 3.52. The predicted molar refractivity (Wildman–Crippen MR) is 92.8 cm³/mol. The Hall–Kier alpha value is -2.10. The van der Waals surface area contributed by atoms with Crippen molar-refractivity contribution in [3.63, 3.8) is 0 Å². The molecule has 0 spiro atoms. The van der Waals surface area contributed by atoms with Gasteiger partial charge in [0.05, 0.1) is 12.7 Å². The van der Waals surface area contributed by atoms with Crippen molar-refractivity contribution in [3.8, 4) is 11.8 Å². The number of nitrogens with two attached hydrogens (primary N) is 1. The molecular weight excluding hydrogens is 318 g/mol.